The molecule has 1 N–H and O–H groups in total. The number of carbonyl (C=O) groups is 1. The molecule has 0 bridgehead atoms. The fourth-order valence-corrected chi connectivity index (χ4v) is 1.10. The van der Waals surface area contributed by atoms with Gasteiger partial charge in [0.25, 0.3) is 0 Å². The summed E-state index contributed by atoms with van der Waals surface area (Å²) in [5, 5.41) is 8.62. The first kappa shape index (κ1) is 11.4. The Labute approximate surface area is 83.1 Å². The van der Waals surface area contributed by atoms with Gasteiger partial charge in [0.2, 0.25) is 0 Å². The SMILES string of the molecule is Cc1ccc(F)c(C(=O)O)c1OC(F)F. The average Bonchev–Trinajstić information content (AvgIpc) is 2.10. The smallest absolute Gasteiger partial charge is 0.387 e. The molecule has 0 aliphatic carbocycles. The van der Waals surface area contributed by atoms with Crippen LogP contribution in [0.1, 0.15) is 15.9 Å². The molecular formula is C9H7F3O3. The van der Waals surface area contributed by atoms with Gasteiger partial charge in [-0.3, -0.25) is 0 Å². The molecule has 0 aromatic heterocycles. The van der Waals surface area contributed by atoms with Crippen LogP contribution in [0.25, 0.3) is 0 Å². The predicted octanol–water partition coefficient (Wildman–Crippen LogP) is 2.43. The van der Waals surface area contributed by atoms with Gasteiger partial charge in [0.15, 0.2) is 0 Å². The molecule has 0 amide bonds. The highest BCUT2D eigenvalue weighted by molar-refractivity contribution is 5.91. The van der Waals surface area contributed by atoms with Crippen molar-refractivity contribution < 1.29 is 27.8 Å². The van der Waals surface area contributed by atoms with Crippen molar-refractivity contribution in [3.05, 3.63) is 29.1 Å². The number of hydrogen-bond donors (Lipinski definition) is 1. The summed E-state index contributed by atoms with van der Waals surface area (Å²) in [5.74, 6) is -3.40. The van der Waals surface area contributed by atoms with E-state index in [2.05, 4.69) is 4.74 Å². The third-order valence-electron chi connectivity index (χ3n) is 1.72. The van der Waals surface area contributed by atoms with E-state index in [1.165, 1.54) is 13.0 Å². The molecule has 82 valence electrons. The minimum atomic E-state index is -3.19. The van der Waals surface area contributed by atoms with Crippen LogP contribution in [0.15, 0.2) is 12.1 Å². The number of carboxylic acids is 1. The Morgan fingerprint density at radius 2 is 2.07 bits per heavy atom. The van der Waals surface area contributed by atoms with E-state index < -0.39 is 29.7 Å². The fourth-order valence-electron chi connectivity index (χ4n) is 1.10. The van der Waals surface area contributed by atoms with Crippen molar-refractivity contribution in [3.63, 3.8) is 0 Å². The molecule has 0 radical (unpaired) electrons. The van der Waals surface area contributed by atoms with E-state index in [-0.39, 0.29) is 5.56 Å². The molecule has 6 heteroatoms. The van der Waals surface area contributed by atoms with Gasteiger partial charge in [0.1, 0.15) is 17.1 Å². The second-order valence-corrected chi connectivity index (χ2v) is 2.75. The van der Waals surface area contributed by atoms with Crippen molar-refractivity contribution in [2.45, 2.75) is 13.5 Å². The first-order valence-corrected chi connectivity index (χ1v) is 3.90. The number of rotatable bonds is 3. The Morgan fingerprint density at radius 1 is 1.47 bits per heavy atom. The van der Waals surface area contributed by atoms with Crippen molar-refractivity contribution in [1.29, 1.82) is 0 Å². The van der Waals surface area contributed by atoms with Gasteiger partial charge < -0.3 is 9.84 Å². The maximum absolute atomic E-state index is 13.0. The molecule has 0 aliphatic heterocycles. The number of halogens is 3. The number of aromatic carboxylic acids is 1. The summed E-state index contributed by atoms with van der Waals surface area (Å²) in [4.78, 5) is 10.6. The van der Waals surface area contributed by atoms with Crippen LogP contribution >= 0.6 is 0 Å². The molecule has 0 saturated carbocycles. The average molecular weight is 220 g/mol. The lowest BCUT2D eigenvalue weighted by Crippen LogP contribution is -2.11. The quantitative estimate of drug-likeness (QED) is 0.850. The Kier molecular flexibility index (Phi) is 3.18. The molecule has 0 atom stereocenters. The van der Waals surface area contributed by atoms with Crippen LogP contribution in [0.3, 0.4) is 0 Å². The number of hydrogen-bond acceptors (Lipinski definition) is 2. The topological polar surface area (TPSA) is 46.5 Å². The molecule has 3 nitrogen and oxygen atoms in total. The van der Waals surface area contributed by atoms with E-state index in [1.54, 1.807) is 0 Å². The molecule has 0 fully saturated rings. The molecule has 1 aromatic rings. The first-order chi connectivity index (χ1) is 6.93. The standard InChI is InChI=1S/C9H7F3O3/c1-4-2-3-5(10)6(8(13)14)7(4)15-9(11)12/h2-3,9H,1H3,(H,13,14). The summed E-state index contributed by atoms with van der Waals surface area (Å²) in [6.45, 7) is -1.84. The minimum absolute atomic E-state index is 0.133. The van der Waals surface area contributed by atoms with E-state index in [4.69, 9.17) is 5.11 Å². The number of aryl methyl sites for hydroxylation is 1. The van der Waals surface area contributed by atoms with Crippen LogP contribution in [0.2, 0.25) is 0 Å². The molecule has 0 aliphatic rings. The summed E-state index contributed by atoms with van der Waals surface area (Å²) in [5.41, 5.74) is -0.746. The predicted molar refractivity (Wildman–Crippen MR) is 44.7 cm³/mol. The largest absolute Gasteiger partial charge is 0.477 e. The molecule has 0 unspecified atom stereocenters. The lowest BCUT2D eigenvalue weighted by Gasteiger charge is -2.11. The van der Waals surface area contributed by atoms with Crippen molar-refractivity contribution in [1.82, 2.24) is 0 Å². The summed E-state index contributed by atoms with van der Waals surface area (Å²) >= 11 is 0. The maximum Gasteiger partial charge on any atom is 0.387 e. The zero-order chi connectivity index (χ0) is 11.6. The van der Waals surface area contributed by atoms with Crippen LogP contribution in [0.4, 0.5) is 13.2 Å². The van der Waals surface area contributed by atoms with Crippen molar-refractivity contribution in [2.75, 3.05) is 0 Å². The van der Waals surface area contributed by atoms with Gasteiger partial charge in [-0.1, -0.05) is 6.07 Å². The molecule has 0 saturated heterocycles. The number of ether oxygens (including phenoxy) is 1. The van der Waals surface area contributed by atoms with Gasteiger partial charge in [-0.25, -0.2) is 9.18 Å². The lowest BCUT2D eigenvalue weighted by molar-refractivity contribution is -0.0509. The van der Waals surface area contributed by atoms with Gasteiger partial charge in [0.05, 0.1) is 0 Å². The van der Waals surface area contributed by atoms with E-state index >= 15 is 0 Å². The molecule has 15 heavy (non-hydrogen) atoms. The second-order valence-electron chi connectivity index (χ2n) is 2.75. The second kappa shape index (κ2) is 4.20. The normalized spacial score (nSPS) is 10.5. The Hall–Kier alpha value is -1.72. The Morgan fingerprint density at radius 3 is 2.53 bits per heavy atom. The Balaban J connectivity index is 3.31. The summed E-state index contributed by atoms with van der Waals surface area (Å²) in [6.07, 6.45) is 0. The van der Waals surface area contributed by atoms with Gasteiger partial charge in [-0.15, -0.1) is 0 Å². The molecule has 0 spiro atoms. The van der Waals surface area contributed by atoms with Crippen LogP contribution < -0.4 is 4.74 Å². The van der Waals surface area contributed by atoms with Crippen molar-refractivity contribution in [3.8, 4) is 5.75 Å². The van der Waals surface area contributed by atoms with Crippen molar-refractivity contribution in [2.24, 2.45) is 0 Å². The number of benzene rings is 1. The minimum Gasteiger partial charge on any atom is -0.477 e. The maximum atomic E-state index is 13.0. The fraction of sp³-hybridized carbons (Fsp3) is 0.222. The first-order valence-electron chi connectivity index (χ1n) is 3.90. The van der Waals surface area contributed by atoms with Crippen molar-refractivity contribution >= 4 is 5.97 Å². The van der Waals surface area contributed by atoms with E-state index in [9.17, 15) is 18.0 Å². The highest BCUT2D eigenvalue weighted by Gasteiger charge is 2.21. The Bertz CT molecular complexity index is 390. The summed E-state index contributed by atoms with van der Waals surface area (Å²) in [7, 11) is 0. The highest BCUT2D eigenvalue weighted by Crippen LogP contribution is 2.27. The zero-order valence-corrected chi connectivity index (χ0v) is 7.63. The highest BCUT2D eigenvalue weighted by atomic mass is 19.3. The number of carboxylic acid groups (broad SMARTS) is 1. The van der Waals surface area contributed by atoms with E-state index in [0.717, 1.165) is 6.07 Å². The zero-order valence-electron chi connectivity index (χ0n) is 7.63. The molecule has 0 heterocycles. The van der Waals surface area contributed by atoms with Crippen LogP contribution in [-0.2, 0) is 0 Å². The van der Waals surface area contributed by atoms with E-state index in [0.29, 0.717) is 0 Å². The van der Waals surface area contributed by atoms with Gasteiger partial charge >= 0.3 is 12.6 Å². The molecular weight excluding hydrogens is 213 g/mol. The summed E-state index contributed by atoms with van der Waals surface area (Å²) < 4.78 is 40.9. The van der Waals surface area contributed by atoms with Gasteiger partial charge in [0, 0.05) is 0 Å². The van der Waals surface area contributed by atoms with Gasteiger partial charge in [-0.05, 0) is 18.6 Å². The monoisotopic (exact) mass is 220 g/mol. The van der Waals surface area contributed by atoms with Gasteiger partial charge in [-0.2, -0.15) is 8.78 Å². The number of alkyl halides is 2. The third-order valence-corrected chi connectivity index (χ3v) is 1.72. The van der Waals surface area contributed by atoms with E-state index in [1.807, 2.05) is 0 Å². The molecule has 1 rings (SSSR count). The molecule has 1 aromatic carbocycles. The van der Waals surface area contributed by atoms with Crippen LogP contribution in [0, 0.1) is 12.7 Å². The lowest BCUT2D eigenvalue weighted by atomic mass is 10.1. The summed E-state index contributed by atoms with van der Waals surface area (Å²) in [6, 6.07) is 2.05. The van der Waals surface area contributed by atoms with Crippen LogP contribution in [0.5, 0.6) is 5.75 Å². The van der Waals surface area contributed by atoms with Crippen LogP contribution in [-0.4, -0.2) is 17.7 Å². The third kappa shape index (κ3) is 2.39.